The largest absolute Gasteiger partial charge is 0.348 e. The second-order valence-electron chi connectivity index (χ2n) is 8.66. The highest BCUT2D eigenvalue weighted by Crippen LogP contribution is 2.29. The van der Waals surface area contributed by atoms with E-state index in [4.69, 9.17) is 0 Å². The number of hydrogen-bond acceptors (Lipinski definition) is 4. The predicted octanol–water partition coefficient (Wildman–Crippen LogP) is 2.62. The highest BCUT2D eigenvalue weighted by molar-refractivity contribution is 5.77. The minimum Gasteiger partial charge on any atom is -0.348 e. The molecule has 0 saturated heterocycles. The van der Waals surface area contributed by atoms with Crippen LogP contribution in [0.5, 0.6) is 0 Å². The standard InChI is InChI=1S/C26H27N5O3/c1-2-29-17-27-24-23(29)25(33)31(26(34)30(24)15-18-9-4-3-5-10-18)16-22(32)28-21-14-8-12-19-11-6-7-13-20(19)21/h3-7,9-11,13,17,21H,2,8,12,14-16H2,1H3,(H,28,32). The van der Waals surface area contributed by atoms with Crippen molar-refractivity contribution in [2.24, 2.45) is 0 Å². The summed E-state index contributed by atoms with van der Waals surface area (Å²) >= 11 is 0. The molecule has 174 valence electrons. The first-order valence-electron chi connectivity index (χ1n) is 11.7. The zero-order chi connectivity index (χ0) is 23.7. The maximum Gasteiger partial charge on any atom is 0.333 e. The molecule has 2 aromatic carbocycles. The Morgan fingerprint density at radius 2 is 1.82 bits per heavy atom. The van der Waals surface area contributed by atoms with Crippen LogP contribution in [0.4, 0.5) is 0 Å². The van der Waals surface area contributed by atoms with Crippen LogP contribution < -0.4 is 16.6 Å². The van der Waals surface area contributed by atoms with E-state index in [9.17, 15) is 14.4 Å². The van der Waals surface area contributed by atoms with Crippen LogP contribution in [-0.4, -0.2) is 24.6 Å². The predicted molar refractivity (Wildman–Crippen MR) is 130 cm³/mol. The van der Waals surface area contributed by atoms with Crippen molar-refractivity contribution in [3.63, 3.8) is 0 Å². The van der Waals surface area contributed by atoms with Crippen LogP contribution in [0, 0.1) is 0 Å². The number of aromatic nitrogens is 4. The second kappa shape index (κ2) is 9.13. The van der Waals surface area contributed by atoms with Gasteiger partial charge in [-0.2, -0.15) is 0 Å². The van der Waals surface area contributed by atoms with Crippen molar-refractivity contribution in [2.45, 2.75) is 51.9 Å². The van der Waals surface area contributed by atoms with Gasteiger partial charge in [-0.1, -0.05) is 54.6 Å². The zero-order valence-electron chi connectivity index (χ0n) is 19.1. The summed E-state index contributed by atoms with van der Waals surface area (Å²) in [6.45, 7) is 2.36. The van der Waals surface area contributed by atoms with Crippen LogP contribution in [0.25, 0.3) is 11.2 Å². The van der Waals surface area contributed by atoms with Crippen LogP contribution in [0.15, 0.2) is 70.5 Å². The summed E-state index contributed by atoms with van der Waals surface area (Å²) in [7, 11) is 0. The Kier molecular flexibility index (Phi) is 5.88. The molecule has 0 bridgehead atoms. The Balaban J connectivity index is 1.51. The van der Waals surface area contributed by atoms with Crippen molar-refractivity contribution < 1.29 is 4.79 Å². The summed E-state index contributed by atoms with van der Waals surface area (Å²) in [5.41, 5.74) is 2.87. The highest BCUT2D eigenvalue weighted by Gasteiger charge is 2.24. The molecule has 0 radical (unpaired) electrons. The summed E-state index contributed by atoms with van der Waals surface area (Å²) in [6.07, 6.45) is 4.37. The molecule has 1 unspecified atom stereocenters. The molecule has 4 aromatic rings. The fourth-order valence-corrected chi connectivity index (χ4v) is 4.81. The van der Waals surface area contributed by atoms with E-state index >= 15 is 0 Å². The first-order valence-corrected chi connectivity index (χ1v) is 11.7. The normalized spacial score (nSPS) is 15.3. The number of amides is 1. The van der Waals surface area contributed by atoms with Gasteiger partial charge >= 0.3 is 5.69 Å². The molecule has 1 atom stereocenters. The summed E-state index contributed by atoms with van der Waals surface area (Å²) in [6, 6.07) is 17.5. The van der Waals surface area contributed by atoms with E-state index in [-0.39, 0.29) is 25.0 Å². The molecule has 0 aliphatic heterocycles. The first-order chi connectivity index (χ1) is 16.6. The van der Waals surface area contributed by atoms with Gasteiger partial charge in [-0.25, -0.2) is 14.3 Å². The van der Waals surface area contributed by atoms with E-state index < -0.39 is 11.2 Å². The number of hydrogen-bond donors (Lipinski definition) is 1. The number of nitrogens with one attached hydrogen (secondary N) is 1. The molecule has 1 N–H and O–H groups in total. The Labute approximate surface area is 196 Å². The lowest BCUT2D eigenvalue weighted by Gasteiger charge is -2.26. The van der Waals surface area contributed by atoms with Gasteiger partial charge < -0.3 is 9.88 Å². The van der Waals surface area contributed by atoms with E-state index in [1.165, 1.54) is 10.1 Å². The van der Waals surface area contributed by atoms with Crippen LogP contribution >= 0.6 is 0 Å². The molecule has 8 heteroatoms. The van der Waals surface area contributed by atoms with Crippen LogP contribution in [0.1, 0.15) is 42.5 Å². The van der Waals surface area contributed by atoms with Gasteiger partial charge in [0.2, 0.25) is 5.91 Å². The Morgan fingerprint density at radius 3 is 2.62 bits per heavy atom. The Hall–Kier alpha value is -3.94. The summed E-state index contributed by atoms with van der Waals surface area (Å²) in [4.78, 5) is 44.2. The van der Waals surface area contributed by atoms with Gasteiger partial charge in [-0.05, 0) is 42.9 Å². The molecule has 0 fully saturated rings. The zero-order valence-corrected chi connectivity index (χ0v) is 19.1. The lowest BCUT2D eigenvalue weighted by molar-refractivity contribution is -0.122. The lowest BCUT2D eigenvalue weighted by Crippen LogP contribution is -2.45. The third-order valence-electron chi connectivity index (χ3n) is 6.51. The van der Waals surface area contributed by atoms with E-state index in [1.54, 1.807) is 10.9 Å². The van der Waals surface area contributed by atoms with E-state index in [0.717, 1.165) is 35.0 Å². The lowest BCUT2D eigenvalue weighted by atomic mass is 9.88. The number of imidazole rings is 1. The van der Waals surface area contributed by atoms with Gasteiger partial charge in [0.05, 0.1) is 18.9 Å². The average molecular weight is 458 g/mol. The average Bonchev–Trinajstić information content (AvgIpc) is 3.30. The maximum atomic E-state index is 13.4. The molecule has 1 amide bonds. The van der Waals surface area contributed by atoms with Gasteiger partial charge in [0.25, 0.3) is 5.56 Å². The molecule has 0 spiro atoms. The number of nitrogens with zero attached hydrogens (tertiary/aromatic N) is 4. The number of aryl methyl sites for hydroxylation is 2. The first kappa shape index (κ1) is 21.9. The molecule has 1 aliphatic carbocycles. The van der Waals surface area contributed by atoms with Gasteiger partial charge in [0, 0.05) is 6.54 Å². The third-order valence-corrected chi connectivity index (χ3v) is 6.51. The van der Waals surface area contributed by atoms with Crippen molar-refractivity contribution in [1.29, 1.82) is 0 Å². The summed E-state index contributed by atoms with van der Waals surface area (Å²) in [5.74, 6) is -0.353. The van der Waals surface area contributed by atoms with E-state index in [1.807, 2.05) is 55.5 Å². The van der Waals surface area contributed by atoms with Gasteiger partial charge in [-0.3, -0.25) is 14.2 Å². The topological polar surface area (TPSA) is 90.9 Å². The number of carbonyl (C=O) groups is 1. The maximum absolute atomic E-state index is 13.4. The summed E-state index contributed by atoms with van der Waals surface area (Å²) in [5, 5.41) is 3.05. The molecule has 34 heavy (non-hydrogen) atoms. The minimum absolute atomic E-state index is 0.121. The van der Waals surface area contributed by atoms with Crippen molar-refractivity contribution in [1.82, 2.24) is 24.0 Å². The molecule has 5 rings (SSSR count). The number of benzene rings is 2. The van der Waals surface area contributed by atoms with Gasteiger partial charge in [0.15, 0.2) is 11.2 Å². The highest BCUT2D eigenvalue weighted by atomic mass is 16.2. The smallest absolute Gasteiger partial charge is 0.333 e. The molecule has 0 saturated carbocycles. The fraction of sp³-hybridized carbons (Fsp3) is 0.308. The fourth-order valence-electron chi connectivity index (χ4n) is 4.81. The summed E-state index contributed by atoms with van der Waals surface area (Å²) < 4.78 is 4.22. The van der Waals surface area contributed by atoms with Gasteiger partial charge in [0.1, 0.15) is 6.54 Å². The van der Waals surface area contributed by atoms with Crippen molar-refractivity contribution >= 4 is 17.1 Å². The number of rotatable bonds is 6. The van der Waals surface area contributed by atoms with Crippen molar-refractivity contribution in [3.05, 3.63) is 98.5 Å². The van der Waals surface area contributed by atoms with Crippen LogP contribution in [0.2, 0.25) is 0 Å². The quantitative estimate of drug-likeness (QED) is 0.482. The minimum atomic E-state index is -0.540. The van der Waals surface area contributed by atoms with Gasteiger partial charge in [-0.15, -0.1) is 0 Å². The SMILES string of the molecule is CCn1cnc2c1c(=O)n(CC(=O)NC1CCCc3ccccc31)c(=O)n2Cc1ccccc1. The van der Waals surface area contributed by atoms with Crippen LogP contribution in [0.3, 0.4) is 0 Å². The molecular weight excluding hydrogens is 430 g/mol. The van der Waals surface area contributed by atoms with E-state index in [2.05, 4.69) is 16.4 Å². The molecular formula is C26H27N5O3. The molecule has 1 aliphatic rings. The molecule has 2 aromatic heterocycles. The Morgan fingerprint density at radius 1 is 1.06 bits per heavy atom. The van der Waals surface area contributed by atoms with Crippen molar-refractivity contribution in [2.75, 3.05) is 0 Å². The second-order valence-corrected chi connectivity index (χ2v) is 8.66. The number of carbonyl (C=O) groups excluding carboxylic acids is 1. The van der Waals surface area contributed by atoms with Crippen molar-refractivity contribution in [3.8, 4) is 0 Å². The Bertz CT molecular complexity index is 1470. The number of fused-ring (bicyclic) bond motifs is 2. The van der Waals surface area contributed by atoms with Crippen LogP contribution in [-0.2, 0) is 30.8 Å². The van der Waals surface area contributed by atoms with E-state index in [0.29, 0.717) is 17.7 Å². The third kappa shape index (κ3) is 3.96. The molecule has 8 nitrogen and oxygen atoms in total. The monoisotopic (exact) mass is 457 g/mol. The molecule has 2 heterocycles.